The molecule has 1 aromatic carbocycles. The number of pyridine rings is 1. The molecule has 0 aliphatic heterocycles. The maximum atomic E-state index is 13.3. The van der Waals surface area contributed by atoms with Crippen LogP contribution in [0.1, 0.15) is 54.2 Å². The third-order valence-electron chi connectivity index (χ3n) is 4.67. The minimum atomic E-state index is -0.533. The van der Waals surface area contributed by atoms with Crippen molar-refractivity contribution in [1.29, 1.82) is 0 Å². The van der Waals surface area contributed by atoms with Gasteiger partial charge in [-0.25, -0.2) is 9.37 Å². The number of carbonyl (C=O) groups is 2. The van der Waals surface area contributed by atoms with Crippen LogP contribution in [0.3, 0.4) is 0 Å². The number of benzene rings is 1. The average Bonchev–Trinajstić information content (AvgIpc) is 2.65. The molecule has 1 aromatic heterocycles. The van der Waals surface area contributed by atoms with Crippen LogP contribution in [-0.2, 0) is 9.53 Å². The highest BCUT2D eigenvalue weighted by Crippen LogP contribution is 2.29. The summed E-state index contributed by atoms with van der Waals surface area (Å²) in [5, 5.41) is 9.96. The van der Waals surface area contributed by atoms with Crippen LogP contribution in [0.4, 0.5) is 4.39 Å². The van der Waals surface area contributed by atoms with Gasteiger partial charge >= 0.3 is 5.97 Å². The number of Topliss-reactive ketones (excluding diaryl/α,β-unsaturated/α-hetero) is 1. The van der Waals surface area contributed by atoms with E-state index in [0.29, 0.717) is 0 Å². The summed E-state index contributed by atoms with van der Waals surface area (Å²) >= 11 is 0. The number of nitrogens with zero attached hydrogens (tertiary/aromatic N) is 1. The summed E-state index contributed by atoms with van der Waals surface area (Å²) in [7, 11) is 1.37. The summed E-state index contributed by atoms with van der Waals surface area (Å²) in [4.78, 5) is 28.2. The second-order valence-corrected chi connectivity index (χ2v) is 6.62. The fourth-order valence-electron chi connectivity index (χ4n) is 2.91. The molecule has 150 valence electrons. The number of ketones is 1. The van der Waals surface area contributed by atoms with Gasteiger partial charge in [0.25, 0.3) is 0 Å². The van der Waals surface area contributed by atoms with Crippen molar-refractivity contribution in [3.05, 3.63) is 53.1 Å². The molecule has 0 saturated heterocycles. The number of hydrogen-bond donors (Lipinski definition) is 1. The molecular formula is C21H24FNO5. The molecule has 0 aliphatic carbocycles. The Labute approximate surface area is 163 Å². The van der Waals surface area contributed by atoms with E-state index in [1.165, 1.54) is 31.5 Å². The fourth-order valence-corrected chi connectivity index (χ4v) is 2.91. The number of hydrogen-bond acceptors (Lipinski definition) is 6. The van der Waals surface area contributed by atoms with E-state index in [-0.39, 0.29) is 41.8 Å². The van der Waals surface area contributed by atoms with E-state index in [9.17, 15) is 19.1 Å². The summed E-state index contributed by atoms with van der Waals surface area (Å²) in [6, 6.07) is 5.92. The van der Waals surface area contributed by atoms with Crippen molar-refractivity contribution in [3.8, 4) is 11.5 Å². The van der Waals surface area contributed by atoms with Crippen molar-refractivity contribution >= 4 is 11.8 Å². The molecular weight excluding hydrogens is 365 g/mol. The van der Waals surface area contributed by atoms with Gasteiger partial charge < -0.3 is 14.6 Å². The molecule has 0 saturated carbocycles. The number of aromatic nitrogens is 1. The van der Waals surface area contributed by atoms with Crippen LogP contribution < -0.4 is 4.74 Å². The number of ether oxygens (including phenoxy) is 2. The van der Waals surface area contributed by atoms with E-state index >= 15 is 0 Å². The summed E-state index contributed by atoms with van der Waals surface area (Å²) in [5.41, 5.74) is 1.53. The van der Waals surface area contributed by atoms with Gasteiger partial charge in [-0.2, -0.15) is 0 Å². The molecule has 0 radical (unpaired) electrons. The van der Waals surface area contributed by atoms with Crippen molar-refractivity contribution in [2.24, 2.45) is 0 Å². The first-order chi connectivity index (χ1) is 13.2. The number of methoxy groups -OCH3 is 1. The van der Waals surface area contributed by atoms with E-state index in [1.807, 2.05) is 6.92 Å². The maximum absolute atomic E-state index is 13.3. The van der Waals surface area contributed by atoms with Gasteiger partial charge in [-0.3, -0.25) is 9.59 Å². The molecule has 0 bridgehead atoms. The first-order valence-electron chi connectivity index (χ1n) is 8.95. The molecule has 0 amide bonds. The summed E-state index contributed by atoms with van der Waals surface area (Å²) in [5.74, 6) is -1.68. The number of halogens is 1. The Morgan fingerprint density at radius 2 is 1.93 bits per heavy atom. The van der Waals surface area contributed by atoms with Crippen molar-refractivity contribution in [3.63, 3.8) is 0 Å². The SMILES string of the molecule is COc1ccnc(C(=O)CCC(=O)O[C@H](C)[C@@H](C)c2ccc(F)cc2C)c1O. The molecule has 0 unspecified atom stereocenters. The zero-order valence-corrected chi connectivity index (χ0v) is 16.4. The molecule has 0 spiro atoms. The fraction of sp³-hybridized carbons (Fsp3) is 0.381. The normalized spacial score (nSPS) is 12.9. The zero-order chi connectivity index (χ0) is 20.8. The van der Waals surface area contributed by atoms with Crippen LogP contribution in [0, 0.1) is 12.7 Å². The van der Waals surface area contributed by atoms with Gasteiger partial charge in [-0.05, 0) is 37.1 Å². The second kappa shape index (κ2) is 9.30. The van der Waals surface area contributed by atoms with E-state index in [1.54, 1.807) is 19.9 Å². The first-order valence-corrected chi connectivity index (χ1v) is 8.95. The predicted octanol–water partition coefficient (Wildman–Crippen LogP) is 3.94. The van der Waals surface area contributed by atoms with Gasteiger partial charge in [0.05, 0.1) is 13.5 Å². The lowest BCUT2D eigenvalue weighted by atomic mass is 9.92. The quantitative estimate of drug-likeness (QED) is 0.544. The lowest BCUT2D eigenvalue weighted by Gasteiger charge is -2.22. The van der Waals surface area contributed by atoms with Crippen LogP contribution in [0.25, 0.3) is 0 Å². The van der Waals surface area contributed by atoms with E-state index in [0.717, 1.165) is 11.1 Å². The zero-order valence-electron chi connectivity index (χ0n) is 16.4. The molecule has 2 rings (SSSR count). The van der Waals surface area contributed by atoms with Crippen LogP contribution in [0.2, 0.25) is 0 Å². The third kappa shape index (κ3) is 5.06. The molecule has 2 aromatic rings. The van der Waals surface area contributed by atoms with Crippen LogP contribution in [-0.4, -0.2) is 35.1 Å². The highest BCUT2D eigenvalue weighted by Gasteiger charge is 2.22. The van der Waals surface area contributed by atoms with Crippen LogP contribution >= 0.6 is 0 Å². The summed E-state index contributed by atoms with van der Waals surface area (Å²) in [6.45, 7) is 5.44. The molecule has 2 atom stereocenters. The van der Waals surface area contributed by atoms with Gasteiger partial charge in [0.1, 0.15) is 11.9 Å². The van der Waals surface area contributed by atoms with E-state index < -0.39 is 17.9 Å². The Bertz CT molecular complexity index is 868. The lowest BCUT2D eigenvalue weighted by molar-refractivity contribution is -0.149. The monoisotopic (exact) mass is 389 g/mol. The molecule has 0 aliphatic rings. The molecule has 7 heteroatoms. The van der Waals surface area contributed by atoms with E-state index in [2.05, 4.69) is 4.98 Å². The van der Waals surface area contributed by atoms with Crippen LogP contribution in [0.5, 0.6) is 11.5 Å². The Morgan fingerprint density at radius 3 is 2.57 bits per heavy atom. The largest absolute Gasteiger partial charge is 0.503 e. The standard InChI is InChI=1S/C21H24FNO5/c1-12-11-15(22)5-6-16(12)13(2)14(3)28-19(25)8-7-17(24)20-21(26)18(27-4)9-10-23-20/h5-6,9-11,13-14,26H,7-8H2,1-4H3/t13-,14-/m1/s1. The lowest BCUT2D eigenvalue weighted by Crippen LogP contribution is -2.22. The number of esters is 1. The number of carbonyl (C=O) groups excluding carboxylic acids is 2. The Balaban J connectivity index is 1.94. The Morgan fingerprint density at radius 1 is 1.21 bits per heavy atom. The highest BCUT2D eigenvalue weighted by atomic mass is 19.1. The first kappa shape index (κ1) is 21.3. The minimum absolute atomic E-state index is 0.135. The topological polar surface area (TPSA) is 85.7 Å². The number of rotatable bonds is 8. The molecule has 0 fully saturated rings. The molecule has 1 heterocycles. The Hall–Kier alpha value is -2.96. The van der Waals surface area contributed by atoms with Gasteiger partial charge in [0.15, 0.2) is 23.0 Å². The minimum Gasteiger partial charge on any atom is -0.503 e. The summed E-state index contributed by atoms with van der Waals surface area (Å²) in [6.07, 6.45) is 0.605. The summed E-state index contributed by atoms with van der Waals surface area (Å²) < 4.78 is 23.6. The van der Waals surface area contributed by atoms with Gasteiger partial charge in [-0.1, -0.05) is 13.0 Å². The third-order valence-corrected chi connectivity index (χ3v) is 4.67. The van der Waals surface area contributed by atoms with Crippen molar-refractivity contribution in [2.75, 3.05) is 7.11 Å². The average molecular weight is 389 g/mol. The van der Waals surface area contributed by atoms with Gasteiger partial charge in [0, 0.05) is 24.6 Å². The van der Waals surface area contributed by atoms with Gasteiger partial charge in [0.2, 0.25) is 0 Å². The Kier molecular flexibility index (Phi) is 7.09. The van der Waals surface area contributed by atoms with E-state index in [4.69, 9.17) is 9.47 Å². The van der Waals surface area contributed by atoms with Crippen molar-refractivity contribution in [1.82, 2.24) is 4.98 Å². The highest BCUT2D eigenvalue weighted by molar-refractivity contribution is 5.98. The predicted molar refractivity (Wildman–Crippen MR) is 101 cm³/mol. The number of aryl methyl sites for hydroxylation is 1. The molecule has 6 nitrogen and oxygen atoms in total. The number of aromatic hydroxyl groups is 1. The second-order valence-electron chi connectivity index (χ2n) is 6.62. The van der Waals surface area contributed by atoms with Crippen molar-refractivity contribution in [2.45, 2.75) is 45.6 Å². The van der Waals surface area contributed by atoms with Gasteiger partial charge in [-0.15, -0.1) is 0 Å². The van der Waals surface area contributed by atoms with Crippen molar-refractivity contribution < 1.29 is 28.6 Å². The molecule has 1 N–H and O–H groups in total. The van der Waals surface area contributed by atoms with Crippen LogP contribution in [0.15, 0.2) is 30.5 Å². The molecule has 28 heavy (non-hydrogen) atoms. The maximum Gasteiger partial charge on any atom is 0.306 e. The smallest absolute Gasteiger partial charge is 0.306 e.